The molecular weight excluding hydrogens is 325 g/mol. The zero-order valence-corrected chi connectivity index (χ0v) is 14.3. The zero-order valence-electron chi connectivity index (χ0n) is 14.3. The number of carboxylic acid groups (broad SMARTS) is 1. The van der Waals surface area contributed by atoms with E-state index in [1.807, 2.05) is 28.6 Å². The third kappa shape index (κ3) is 2.26. The topological polar surface area (TPSA) is 65.8 Å². The largest absolute Gasteiger partial charge is 0.477 e. The quantitative estimate of drug-likeness (QED) is 0.905. The molecule has 3 heterocycles. The van der Waals surface area contributed by atoms with Crippen LogP contribution in [0, 0.1) is 5.82 Å². The number of rotatable bonds is 2. The highest BCUT2D eigenvalue weighted by Gasteiger charge is 2.32. The average molecular weight is 345 g/mol. The normalized spacial score (nSPS) is 20.4. The Morgan fingerprint density at radius 2 is 2.04 bits per heavy atom. The lowest BCUT2D eigenvalue weighted by atomic mass is 10.0. The summed E-state index contributed by atoms with van der Waals surface area (Å²) < 4.78 is 16.8. The van der Waals surface area contributed by atoms with Gasteiger partial charge in [-0.25, -0.2) is 14.2 Å². The second-order valence-corrected chi connectivity index (χ2v) is 6.93. The van der Waals surface area contributed by atoms with Gasteiger partial charge in [0.2, 0.25) is 5.43 Å². The molecule has 0 bridgehead atoms. The van der Waals surface area contributed by atoms with E-state index in [9.17, 15) is 14.7 Å². The molecule has 1 atom stereocenters. The predicted molar refractivity (Wildman–Crippen MR) is 92.8 cm³/mol. The van der Waals surface area contributed by atoms with Crippen molar-refractivity contribution in [2.75, 3.05) is 25.1 Å². The fourth-order valence-corrected chi connectivity index (χ4v) is 4.10. The number of hydrazine groups is 1. The van der Waals surface area contributed by atoms with Crippen LogP contribution in [0.4, 0.5) is 10.1 Å². The van der Waals surface area contributed by atoms with Crippen molar-refractivity contribution in [1.29, 1.82) is 0 Å². The van der Waals surface area contributed by atoms with Gasteiger partial charge >= 0.3 is 5.97 Å². The first-order chi connectivity index (χ1) is 11.9. The SMILES string of the molecule is CC1Cc2c(N3CCCCN3C)c(F)cc3c(=O)c(C(=O)O)cn1c23. The number of aromatic nitrogens is 1. The minimum Gasteiger partial charge on any atom is -0.477 e. The first kappa shape index (κ1) is 16.1. The number of hydrogen-bond acceptors (Lipinski definition) is 4. The summed E-state index contributed by atoms with van der Waals surface area (Å²) in [6.45, 7) is 3.55. The molecule has 1 unspecified atom stereocenters. The molecule has 1 saturated heterocycles. The summed E-state index contributed by atoms with van der Waals surface area (Å²) in [5.74, 6) is -1.74. The van der Waals surface area contributed by atoms with Gasteiger partial charge in [-0.15, -0.1) is 0 Å². The van der Waals surface area contributed by atoms with Gasteiger partial charge in [-0.3, -0.25) is 4.79 Å². The molecule has 2 aromatic rings. The van der Waals surface area contributed by atoms with Crippen LogP contribution in [0.3, 0.4) is 0 Å². The van der Waals surface area contributed by atoms with Crippen LogP contribution in [0.1, 0.15) is 41.7 Å². The summed E-state index contributed by atoms with van der Waals surface area (Å²) in [5.41, 5.74) is 1.06. The number of nitrogens with zero attached hydrogens (tertiary/aromatic N) is 3. The van der Waals surface area contributed by atoms with E-state index in [1.165, 1.54) is 12.3 Å². The molecule has 25 heavy (non-hydrogen) atoms. The maximum Gasteiger partial charge on any atom is 0.341 e. The van der Waals surface area contributed by atoms with Crippen molar-refractivity contribution in [2.45, 2.75) is 32.2 Å². The van der Waals surface area contributed by atoms with Crippen LogP contribution in [0.15, 0.2) is 17.1 Å². The maximum absolute atomic E-state index is 15.0. The van der Waals surface area contributed by atoms with E-state index in [0.29, 0.717) is 17.6 Å². The first-order valence-electron chi connectivity index (χ1n) is 8.52. The molecule has 1 aromatic carbocycles. The molecule has 0 aliphatic carbocycles. The Morgan fingerprint density at radius 3 is 2.72 bits per heavy atom. The lowest BCUT2D eigenvalue weighted by molar-refractivity contribution is 0.0694. The lowest BCUT2D eigenvalue weighted by Gasteiger charge is -2.38. The second-order valence-electron chi connectivity index (χ2n) is 6.93. The Hall–Kier alpha value is -2.41. The monoisotopic (exact) mass is 345 g/mol. The minimum absolute atomic E-state index is 0.0214. The number of halogens is 1. The van der Waals surface area contributed by atoms with Gasteiger partial charge < -0.3 is 14.7 Å². The summed E-state index contributed by atoms with van der Waals surface area (Å²) in [7, 11) is 1.94. The Labute approximate surface area is 144 Å². The standard InChI is InChI=1S/C18H20FN3O3/c1-10-7-11-15-12(17(23)13(18(24)25)9-21(10)15)8-14(19)16(11)22-6-4-3-5-20(22)2/h8-10H,3-7H2,1-2H3,(H,24,25). The zero-order chi connectivity index (χ0) is 17.9. The minimum atomic E-state index is -1.28. The molecule has 6 nitrogen and oxygen atoms in total. The molecule has 1 N–H and O–H groups in total. The number of anilines is 1. The third-order valence-electron chi connectivity index (χ3n) is 5.32. The molecule has 1 fully saturated rings. The molecule has 0 spiro atoms. The molecule has 4 rings (SSSR count). The Kier molecular flexibility index (Phi) is 3.57. The van der Waals surface area contributed by atoms with Crippen molar-refractivity contribution in [1.82, 2.24) is 9.58 Å². The Balaban J connectivity index is 2.04. The van der Waals surface area contributed by atoms with Gasteiger partial charge in [-0.2, -0.15) is 0 Å². The molecule has 0 amide bonds. The van der Waals surface area contributed by atoms with Crippen LogP contribution in [0.25, 0.3) is 10.9 Å². The van der Waals surface area contributed by atoms with Gasteiger partial charge in [-0.1, -0.05) is 0 Å². The van der Waals surface area contributed by atoms with Gasteiger partial charge in [0.05, 0.1) is 11.2 Å². The van der Waals surface area contributed by atoms with Crippen molar-refractivity contribution in [3.8, 4) is 0 Å². The first-order valence-corrected chi connectivity index (χ1v) is 8.52. The fraction of sp³-hybridized carbons (Fsp3) is 0.444. The molecule has 7 heteroatoms. The molecule has 132 valence electrons. The van der Waals surface area contributed by atoms with Crippen LogP contribution in [-0.2, 0) is 6.42 Å². The highest BCUT2D eigenvalue weighted by atomic mass is 19.1. The van der Waals surface area contributed by atoms with E-state index in [4.69, 9.17) is 0 Å². The van der Waals surface area contributed by atoms with Crippen molar-refractivity contribution in [3.63, 3.8) is 0 Å². The summed E-state index contributed by atoms with van der Waals surface area (Å²) in [6, 6.07) is 1.19. The highest BCUT2D eigenvalue weighted by molar-refractivity contribution is 5.96. The van der Waals surface area contributed by atoms with Gasteiger partial charge in [0.15, 0.2) is 0 Å². The number of hydrogen-bond donors (Lipinski definition) is 1. The molecule has 0 saturated carbocycles. The lowest BCUT2D eigenvalue weighted by Crippen LogP contribution is -2.45. The number of carbonyl (C=O) groups is 1. The Bertz CT molecular complexity index is 953. The molecular formula is C18H20FN3O3. The van der Waals surface area contributed by atoms with Gasteiger partial charge in [0.1, 0.15) is 11.4 Å². The average Bonchev–Trinajstić information content (AvgIpc) is 2.88. The van der Waals surface area contributed by atoms with Crippen LogP contribution in [0.5, 0.6) is 0 Å². The fourth-order valence-electron chi connectivity index (χ4n) is 4.10. The smallest absolute Gasteiger partial charge is 0.341 e. The molecule has 0 radical (unpaired) electrons. The van der Waals surface area contributed by atoms with Crippen molar-refractivity contribution >= 4 is 22.6 Å². The Morgan fingerprint density at radius 1 is 1.32 bits per heavy atom. The van der Waals surface area contributed by atoms with Crippen LogP contribution < -0.4 is 10.4 Å². The van der Waals surface area contributed by atoms with E-state index < -0.39 is 17.2 Å². The van der Waals surface area contributed by atoms with E-state index in [2.05, 4.69) is 0 Å². The summed E-state index contributed by atoms with van der Waals surface area (Å²) >= 11 is 0. The molecule has 2 aliphatic heterocycles. The second kappa shape index (κ2) is 5.56. The van der Waals surface area contributed by atoms with Gasteiger partial charge in [-0.05, 0) is 32.3 Å². The number of aromatic carboxylic acids is 1. The van der Waals surface area contributed by atoms with Crippen molar-refractivity contribution in [3.05, 3.63) is 39.4 Å². The number of carboxylic acids is 1. The van der Waals surface area contributed by atoms with E-state index >= 15 is 4.39 Å². The number of pyridine rings is 1. The summed E-state index contributed by atoms with van der Waals surface area (Å²) in [6.07, 6.45) is 4.04. The van der Waals surface area contributed by atoms with E-state index in [-0.39, 0.29) is 17.0 Å². The van der Waals surface area contributed by atoms with Crippen LogP contribution in [0.2, 0.25) is 0 Å². The van der Waals surface area contributed by atoms with Crippen molar-refractivity contribution < 1.29 is 14.3 Å². The number of benzene rings is 1. The van der Waals surface area contributed by atoms with Gasteiger partial charge in [0.25, 0.3) is 0 Å². The molecule has 1 aromatic heterocycles. The van der Waals surface area contributed by atoms with Crippen molar-refractivity contribution in [2.24, 2.45) is 0 Å². The predicted octanol–water partition coefficient (Wildman–Crippen LogP) is 2.40. The molecule has 2 aliphatic rings. The van der Waals surface area contributed by atoms with E-state index in [1.54, 1.807) is 0 Å². The van der Waals surface area contributed by atoms with Crippen LogP contribution in [-0.4, -0.2) is 40.8 Å². The third-order valence-corrected chi connectivity index (χ3v) is 5.32. The van der Waals surface area contributed by atoms with Crippen LogP contribution >= 0.6 is 0 Å². The highest BCUT2D eigenvalue weighted by Crippen LogP contribution is 2.40. The van der Waals surface area contributed by atoms with E-state index in [0.717, 1.165) is 31.5 Å². The summed E-state index contributed by atoms with van der Waals surface area (Å²) in [4.78, 5) is 23.9. The summed E-state index contributed by atoms with van der Waals surface area (Å²) in [5, 5.41) is 13.4. The maximum atomic E-state index is 15.0. The van der Waals surface area contributed by atoms with Gasteiger partial charge in [0, 0.05) is 43.3 Å².